The zero-order chi connectivity index (χ0) is 11.0. The van der Waals surface area contributed by atoms with Crippen LogP contribution in [0, 0.1) is 11.3 Å². The second-order valence-electron chi connectivity index (χ2n) is 4.13. The Bertz CT molecular complexity index is 452. The van der Waals surface area contributed by atoms with Crippen molar-refractivity contribution in [2.24, 2.45) is 0 Å². The van der Waals surface area contributed by atoms with Gasteiger partial charge in [0.1, 0.15) is 12.7 Å². The topological polar surface area (TPSA) is 48.3 Å². The van der Waals surface area contributed by atoms with Gasteiger partial charge in [-0.1, -0.05) is 6.07 Å². The fourth-order valence-corrected chi connectivity index (χ4v) is 2.40. The number of hydrogen-bond acceptors (Lipinski definition) is 4. The van der Waals surface area contributed by atoms with Crippen LogP contribution >= 0.6 is 0 Å². The minimum atomic E-state index is 0.398. The van der Waals surface area contributed by atoms with Crippen LogP contribution in [0.2, 0.25) is 0 Å². The molecule has 0 spiro atoms. The van der Waals surface area contributed by atoms with Crippen molar-refractivity contribution in [2.75, 3.05) is 31.1 Å². The average Bonchev–Trinajstić information content (AvgIpc) is 2.37. The van der Waals surface area contributed by atoms with E-state index < -0.39 is 0 Å². The Kier molecular flexibility index (Phi) is 2.19. The van der Waals surface area contributed by atoms with Gasteiger partial charge in [-0.2, -0.15) is 5.26 Å². The van der Waals surface area contributed by atoms with Crippen LogP contribution in [0.5, 0.6) is 5.75 Å². The number of nitrogens with zero attached hydrogens (tertiary/aromatic N) is 2. The Morgan fingerprint density at radius 2 is 2.44 bits per heavy atom. The van der Waals surface area contributed by atoms with Gasteiger partial charge in [0, 0.05) is 19.6 Å². The molecule has 3 rings (SSSR count). The highest BCUT2D eigenvalue weighted by molar-refractivity contribution is 5.67. The highest BCUT2D eigenvalue weighted by Crippen LogP contribution is 2.36. The molecule has 1 unspecified atom stereocenters. The molecule has 2 heterocycles. The van der Waals surface area contributed by atoms with E-state index in [4.69, 9.17) is 10.00 Å². The predicted molar refractivity (Wildman–Crippen MR) is 60.7 cm³/mol. The summed E-state index contributed by atoms with van der Waals surface area (Å²) in [5.74, 6) is 0.753. The molecule has 16 heavy (non-hydrogen) atoms. The second kappa shape index (κ2) is 3.69. The van der Waals surface area contributed by atoms with Crippen LogP contribution in [0.3, 0.4) is 0 Å². The number of ether oxygens (including phenoxy) is 1. The van der Waals surface area contributed by atoms with Gasteiger partial charge in [0.15, 0.2) is 5.75 Å². The molecule has 1 fully saturated rings. The third kappa shape index (κ3) is 1.33. The van der Waals surface area contributed by atoms with Crippen LogP contribution in [-0.4, -0.2) is 32.3 Å². The summed E-state index contributed by atoms with van der Waals surface area (Å²) < 4.78 is 5.71. The van der Waals surface area contributed by atoms with Crippen molar-refractivity contribution in [1.82, 2.24) is 5.32 Å². The van der Waals surface area contributed by atoms with Gasteiger partial charge in [-0.25, -0.2) is 0 Å². The van der Waals surface area contributed by atoms with Crippen molar-refractivity contribution in [3.63, 3.8) is 0 Å². The van der Waals surface area contributed by atoms with Crippen molar-refractivity contribution in [3.8, 4) is 11.8 Å². The number of benzene rings is 1. The highest BCUT2D eigenvalue weighted by Gasteiger charge is 2.30. The summed E-state index contributed by atoms with van der Waals surface area (Å²) in [5, 5.41) is 12.4. The predicted octanol–water partition coefficient (Wildman–Crippen LogP) is 0.729. The standard InChI is InChI=1S/C12H13N3O/c13-6-9-2-1-3-11-12(9)16-8-10-7-14-4-5-15(10)11/h1-3,10,14H,4-5,7-8H2. The summed E-state index contributed by atoms with van der Waals surface area (Å²) in [6, 6.07) is 8.35. The van der Waals surface area contributed by atoms with Crippen molar-refractivity contribution in [2.45, 2.75) is 6.04 Å². The first-order valence-electron chi connectivity index (χ1n) is 5.53. The Hall–Kier alpha value is -1.73. The average molecular weight is 215 g/mol. The van der Waals surface area contributed by atoms with E-state index in [0.29, 0.717) is 18.2 Å². The number of fused-ring (bicyclic) bond motifs is 3. The number of piperazine rings is 1. The molecular weight excluding hydrogens is 202 g/mol. The summed E-state index contributed by atoms with van der Waals surface area (Å²) in [5.41, 5.74) is 1.70. The first-order valence-corrected chi connectivity index (χ1v) is 5.53. The maximum atomic E-state index is 9.03. The lowest BCUT2D eigenvalue weighted by atomic mass is 10.1. The van der Waals surface area contributed by atoms with Crippen molar-refractivity contribution in [1.29, 1.82) is 5.26 Å². The van der Waals surface area contributed by atoms with Gasteiger partial charge in [0.2, 0.25) is 0 Å². The molecule has 0 bridgehead atoms. The molecule has 2 aliphatic heterocycles. The molecule has 0 saturated carbocycles. The van der Waals surface area contributed by atoms with Crippen molar-refractivity contribution >= 4 is 5.69 Å². The first kappa shape index (κ1) is 9.49. The van der Waals surface area contributed by atoms with E-state index in [0.717, 1.165) is 31.1 Å². The largest absolute Gasteiger partial charge is 0.488 e. The molecule has 1 saturated heterocycles. The molecular formula is C12H13N3O. The van der Waals surface area contributed by atoms with Gasteiger partial charge in [0.05, 0.1) is 17.3 Å². The highest BCUT2D eigenvalue weighted by atomic mass is 16.5. The molecule has 1 aromatic rings. The number of para-hydroxylation sites is 1. The van der Waals surface area contributed by atoms with Gasteiger partial charge in [-0.05, 0) is 12.1 Å². The molecule has 2 aliphatic rings. The van der Waals surface area contributed by atoms with E-state index in [-0.39, 0.29) is 0 Å². The van der Waals surface area contributed by atoms with Crippen LogP contribution in [0.4, 0.5) is 5.69 Å². The molecule has 1 aromatic carbocycles. The summed E-state index contributed by atoms with van der Waals surface area (Å²) >= 11 is 0. The zero-order valence-electron chi connectivity index (χ0n) is 8.94. The Balaban J connectivity index is 2.06. The van der Waals surface area contributed by atoms with Crippen LogP contribution in [0.1, 0.15) is 5.56 Å². The second-order valence-corrected chi connectivity index (χ2v) is 4.13. The molecule has 0 amide bonds. The van der Waals surface area contributed by atoms with Crippen molar-refractivity contribution in [3.05, 3.63) is 23.8 Å². The molecule has 0 radical (unpaired) electrons. The summed E-state index contributed by atoms with van der Waals surface area (Å²) in [4.78, 5) is 2.34. The van der Waals surface area contributed by atoms with Gasteiger partial charge >= 0.3 is 0 Å². The van der Waals surface area contributed by atoms with Gasteiger partial charge in [-0.3, -0.25) is 0 Å². The minimum absolute atomic E-state index is 0.398. The van der Waals surface area contributed by atoms with E-state index in [9.17, 15) is 0 Å². The van der Waals surface area contributed by atoms with E-state index in [1.54, 1.807) is 6.07 Å². The fourth-order valence-electron chi connectivity index (χ4n) is 2.40. The quantitative estimate of drug-likeness (QED) is 0.693. The smallest absolute Gasteiger partial charge is 0.160 e. The molecule has 0 aliphatic carbocycles. The lowest BCUT2D eigenvalue weighted by Gasteiger charge is -2.42. The number of nitrogens with one attached hydrogen (secondary N) is 1. The van der Waals surface area contributed by atoms with Crippen molar-refractivity contribution < 1.29 is 4.74 Å². The Morgan fingerprint density at radius 3 is 3.31 bits per heavy atom. The summed E-state index contributed by atoms with van der Waals surface area (Å²) in [7, 11) is 0. The lowest BCUT2D eigenvalue weighted by Crippen LogP contribution is -2.55. The Labute approximate surface area is 94.4 Å². The summed E-state index contributed by atoms with van der Waals surface area (Å²) in [6.07, 6.45) is 0. The molecule has 0 aromatic heterocycles. The van der Waals surface area contributed by atoms with E-state index in [1.165, 1.54) is 0 Å². The van der Waals surface area contributed by atoms with E-state index in [1.807, 2.05) is 12.1 Å². The van der Waals surface area contributed by atoms with Gasteiger partial charge in [-0.15, -0.1) is 0 Å². The third-order valence-electron chi connectivity index (χ3n) is 3.19. The number of rotatable bonds is 0. The van der Waals surface area contributed by atoms with Crippen LogP contribution in [0.25, 0.3) is 0 Å². The van der Waals surface area contributed by atoms with Gasteiger partial charge in [0.25, 0.3) is 0 Å². The molecule has 4 nitrogen and oxygen atoms in total. The van der Waals surface area contributed by atoms with E-state index >= 15 is 0 Å². The van der Waals surface area contributed by atoms with E-state index in [2.05, 4.69) is 16.3 Å². The maximum absolute atomic E-state index is 9.03. The fraction of sp³-hybridized carbons (Fsp3) is 0.417. The van der Waals surface area contributed by atoms with Crippen LogP contribution in [-0.2, 0) is 0 Å². The first-order chi connectivity index (χ1) is 7.90. The minimum Gasteiger partial charge on any atom is -0.488 e. The number of nitriles is 1. The van der Waals surface area contributed by atoms with Crippen LogP contribution < -0.4 is 15.0 Å². The molecule has 1 N–H and O–H groups in total. The van der Waals surface area contributed by atoms with Gasteiger partial charge < -0.3 is 15.0 Å². The molecule has 1 atom stereocenters. The number of hydrogen-bond donors (Lipinski definition) is 1. The number of anilines is 1. The normalized spacial score (nSPS) is 22.7. The molecule has 82 valence electrons. The Morgan fingerprint density at radius 1 is 1.50 bits per heavy atom. The maximum Gasteiger partial charge on any atom is 0.160 e. The lowest BCUT2D eigenvalue weighted by molar-refractivity contribution is 0.246. The monoisotopic (exact) mass is 215 g/mol. The summed E-state index contributed by atoms with van der Waals surface area (Å²) in [6.45, 7) is 3.59. The van der Waals surface area contributed by atoms with Crippen LogP contribution in [0.15, 0.2) is 18.2 Å². The zero-order valence-corrected chi connectivity index (χ0v) is 8.94. The third-order valence-corrected chi connectivity index (χ3v) is 3.19. The SMILES string of the molecule is N#Cc1cccc2c1OCC1CNCCN21. The molecule has 4 heteroatoms.